The van der Waals surface area contributed by atoms with E-state index in [0.29, 0.717) is 0 Å². The van der Waals surface area contributed by atoms with Crippen molar-refractivity contribution >= 4 is 55.8 Å². The van der Waals surface area contributed by atoms with Crippen LogP contribution >= 0.6 is 12.6 Å². The predicted octanol–water partition coefficient (Wildman–Crippen LogP) is -2.66. The molecular formula is C8H12O6S3Ti. The molecule has 0 amide bonds. The summed E-state index contributed by atoms with van der Waals surface area (Å²) < 4.78 is 0. The summed E-state index contributed by atoms with van der Waals surface area (Å²) in [6.07, 6.45) is -0.00926. The van der Waals surface area contributed by atoms with E-state index in [1.54, 1.807) is 0 Å². The van der Waals surface area contributed by atoms with E-state index in [4.69, 9.17) is 5.11 Å². The summed E-state index contributed by atoms with van der Waals surface area (Å²) >= 11 is 12.0. The fourth-order valence-electron chi connectivity index (χ4n) is 0.167. The van der Waals surface area contributed by atoms with E-state index in [2.05, 4.69) is 37.9 Å². The van der Waals surface area contributed by atoms with Crippen LogP contribution in [0.3, 0.4) is 0 Å². The second-order valence-electron chi connectivity index (χ2n) is 2.20. The molecule has 0 saturated carbocycles. The van der Waals surface area contributed by atoms with Gasteiger partial charge >= 0.3 is 27.7 Å². The molecule has 0 radical (unpaired) electrons. The zero-order valence-corrected chi connectivity index (χ0v) is 13.4. The van der Waals surface area contributed by atoms with Gasteiger partial charge in [-0.3, -0.25) is 4.79 Å². The van der Waals surface area contributed by atoms with E-state index in [-0.39, 0.29) is 51.8 Å². The Bertz CT molecular complexity index is 211. The second kappa shape index (κ2) is 22.4. The van der Waals surface area contributed by atoms with Crippen molar-refractivity contribution in [1.29, 1.82) is 0 Å². The maximum absolute atomic E-state index is 9.42. The topological polar surface area (TPSA) is 118 Å². The summed E-state index contributed by atoms with van der Waals surface area (Å²) in [7, 11) is 0. The summed E-state index contributed by atoms with van der Waals surface area (Å²) in [5, 5.41) is 26.5. The van der Waals surface area contributed by atoms with Gasteiger partial charge in [0.25, 0.3) is 0 Å². The molecule has 0 aliphatic carbocycles. The molecule has 0 heterocycles. The number of aliphatic carboxylic acids is 3. The molecule has 18 heavy (non-hydrogen) atoms. The molecule has 0 aromatic rings. The van der Waals surface area contributed by atoms with Crippen LogP contribution in [0.5, 0.6) is 0 Å². The van der Waals surface area contributed by atoms with Crippen molar-refractivity contribution in [2.24, 2.45) is 0 Å². The van der Waals surface area contributed by atoms with Crippen molar-refractivity contribution in [3.8, 4) is 0 Å². The number of carbonyl (C=O) groups is 3. The Morgan fingerprint density at radius 2 is 1.22 bits per heavy atom. The van der Waals surface area contributed by atoms with E-state index < -0.39 is 17.9 Å². The molecule has 0 fully saturated rings. The minimum absolute atomic E-state index is 0. The molecule has 0 spiro atoms. The third kappa shape index (κ3) is 55.7. The molecule has 0 aromatic carbocycles. The number of thiol groups is 1. The SMILES string of the molecule is O=C(O)CS.O=C([O-])CC[S-].O=C([O-])CC[S-].[Ti+4]. The number of rotatable bonds is 5. The zero-order chi connectivity index (χ0) is 14.3. The third-order valence-electron chi connectivity index (χ3n) is 0.748. The van der Waals surface area contributed by atoms with Crippen molar-refractivity contribution in [1.82, 2.24) is 0 Å². The molecule has 0 atom stereocenters. The molecule has 0 saturated heterocycles. The van der Waals surface area contributed by atoms with E-state index in [1.807, 2.05) is 0 Å². The first-order valence-corrected chi connectivity index (χ1v) is 5.99. The predicted molar refractivity (Wildman–Crippen MR) is 65.2 cm³/mol. The van der Waals surface area contributed by atoms with Gasteiger partial charge in [0.2, 0.25) is 0 Å². The van der Waals surface area contributed by atoms with Gasteiger partial charge in [0.1, 0.15) is 0 Å². The van der Waals surface area contributed by atoms with Crippen LogP contribution in [0.2, 0.25) is 0 Å². The van der Waals surface area contributed by atoms with Crippen LogP contribution in [0.15, 0.2) is 0 Å². The fourth-order valence-corrected chi connectivity index (χ4v) is 0.500. The van der Waals surface area contributed by atoms with Gasteiger partial charge in [0.05, 0.1) is 5.75 Å². The molecule has 0 rings (SSSR count). The smallest absolute Gasteiger partial charge is 0.792 e. The number of hydrogen-bond acceptors (Lipinski definition) is 8. The number of carboxylic acid groups (broad SMARTS) is 3. The molecule has 0 bridgehead atoms. The Morgan fingerprint density at radius 1 is 1.00 bits per heavy atom. The minimum atomic E-state index is -1.06. The molecule has 102 valence electrons. The number of carbonyl (C=O) groups excluding carboxylic acids is 2. The van der Waals surface area contributed by atoms with Crippen LogP contribution < -0.4 is 10.2 Å². The van der Waals surface area contributed by atoms with Crippen molar-refractivity contribution in [3.05, 3.63) is 0 Å². The summed E-state index contributed by atoms with van der Waals surface area (Å²) in [5.41, 5.74) is 0. The minimum Gasteiger partial charge on any atom is -0.792 e. The Balaban J connectivity index is -0.0000000799. The molecular weight excluding hydrogens is 336 g/mol. The average Bonchev–Trinajstić information content (AvgIpc) is 2.19. The van der Waals surface area contributed by atoms with E-state index in [9.17, 15) is 24.6 Å². The summed E-state index contributed by atoms with van der Waals surface area (Å²) in [6, 6.07) is 0. The molecule has 10 heteroatoms. The molecule has 0 aliphatic rings. The van der Waals surface area contributed by atoms with Gasteiger partial charge in [-0.2, -0.15) is 24.1 Å². The molecule has 0 aromatic heterocycles. The first-order chi connectivity index (χ1) is 7.81. The fraction of sp³-hybridized carbons (Fsp3) is 0.625. The van der Waals surface area contributed by atoms with Crippen LogP contribution in [0.25, 0.3) is 0 Å². The molecule has 6 nitrogen and oxygen atoms in total. The maximum Gasteiger partial charge on any atom is 4.00 e. The Morgan fingerprint density at radius 3 is 1.22 bits per heavy atom. The Labute approximate surface area is 137 Å². The van der Waals surface area contributed by atoms with Gasteiger partial charge < -0.3 is 50.2 Å². The van der Waals surface area contributed by atoms with E-state index in [0.717, 1.165) is 0 Å². The first-order valence-electron chi connectivity index (χ1n) is 4.20. The van der Waals surface area contributed by atoms with Crippen LogP contribution in [-0.4, -0.2) is 40.3 Å². The van der Waals surface area contributed by atoms with Gasteiger partial charge in [-0.15, -0.1) is 0 Å². The zero-order valence-electron chi connectivity index (χ0n) is 9.29. The van der Waals surface area contributed by atoms with E-state index >= 15 is 0 Å². The van der Waals surface area contributed by atoms with Gasteiger partial charge in [-0.25, -0.2) is 0 Å². The quantitative estimate of drug-likeness (QED) is 0.314. The van der Waals surface area contributed by atoms with Gasteiger partial charge in [-0.1, -0.05) is 0 Å². The third-order valence-corrected chi connectivity index (χ3v) is 1.43. The standard InChI is InChI=1S/2C3H6O2S.C2H4O2S.Ti/c2*4-3(5)1-2-6;3-2(4)1-5;/h2*6H,1-2H2,(H,4,5);5H,1H2,(H,3,4);/q;;;+4/p-4. The maximum atomic E-state index is 9.42. The van der Waals surface area contributed by atoms with Crippen molar-refractivity contribution in [2.75, 3.05) is 17.3 Å². The van der Waals surface area contributed by atoms with Crippen LogP contribution in [0.1, 0.15) is 12.8 Å². The summed E-state index contributed by atoms with van der Waals surface area (Å²) in [4.78, 5) is 28.1. The van der Waals surface area contributed by atoms with Crippen molar-refractivity contribution < 1.29 is 51.4 Å². The summed E-state index contributed by atoms with van der Waals surface area (Å²) in [6.45, 7) is 0. The van der Waals surface area contributed by atoms with E-state index in [1.165, 1.54) is 0 Å². The monoisotopic (exact) mass is 348 g/mol. The van der Waals surface area contributed by atoms with Crippen molar-refractivity contribution in [2.45, 2.75) is 12.8 Å². The van der Waals surface area contributed by atoms with Crippen LogP contribution in [0, 0.1) is 0 Å². The largest absolute Gasteiger partial charge is 4.00 e. The Hall–Kier alpha value is 0.174. The normalized spacial score (nSPS) is 7.50. The van der Waals surface area contributed by atoms with Gasteiger partial charge in [0, 0.05) is 11.9 Å². The van der Waals surface area contributed by atoms with Gasteiger partial charge in [-0.05, 0) is 12.8 Å². The average molecular weight is 348 g/mol. The second-order valence-corrected chi connectivity index (χ2v) is 3.34. The molecule has 0 unspecified atom stereocenters. The van der Waals surface area contributed by atoms with Gasteiger partial charge in [0.15, 0.2) is 0 Å². The first kappa shape index (κ1) is 26.7. The van der Waals surface area contributed by atoms with Crippen LogP contribution in [-0.2, 0) is 61.4 Å². The van der Waals surface area contributed by atoms with Crippen molar-refractivity contribution in [3.63, 3.8) is 0 Å². The summed E-state index contributed by atoms with van der Waals surface area (Å²) in [5.74, 6) is -2.59. The number of carboxylic acids is 3. The number of hydrogen-bond donors (Lipinski definition) is 2. The Kier molecular flexibility index (Phi) is 33.1. The van der Waals surface area contributed by atoms with Crippen LogP contribution in [0.4, 0.5) is 0 Å². The molecule has 1 N–H and O–H groups in total. The molecule has 0 aliphatic heterocycles.